The molecule has 108 valence electrons. The molecule has 3 N–H and O–H groups in total. The summed E-state index contributed by atoms with van der Waals surface area (Å²) in [6.45, 7) is 1.76. The van der Waals surface area contributed by atoms with Crippen LogP contribution >= 0.6 is 12.4 Å². The summed E-state index contributed by atoms with van der Waals surface area (Å²) in [5.74, 6) is -0.456. The summed E-state index contributed by atoms with van der Waals surface area (Å²) in [6.07, 6.45) is 6.19. The van der Waals surface area contributed by atoms with Gasteiger partial charge in [-0.1, -0.05) is 19.3 Å². The van der Waals surface area contributed by atoms with E-state index in [0.717, 1.165) is 31.9 Å². The Hall–Kier alpha value is -0.330. The minimum atomic E-state index is -3.33. The lowest BCUT2D eigenvalue weighted by atomic mass is 9.82. The Morgan fingerprint density at radius 3 is 2.28 bits per heavy atom. The highest BCUT2D eigenvalue weighted by atomic mass is 35.5. The monoisotopic (exact) mass is 298 g/mol. The van der Waals surface area contributed by atoms with Crippen LogP contribution in [0.15, 0.2) is 0 Å². The molecule has 0 saturated heterocycles. The lowest BCUT2D eigenvalue weighted by molar-refractivity contribution is -0.120. The number of hydrogen-bond acceptors (Lipinski definition) is 4. The van der Waals surface area contributed by atoms with E-state index in [1.54, 1.807) is 0 Å². The average molecular weight is 299 g/mol. The zero-order chi connectivity index (χ0) is 13.1. The second kappa shape index (κ2) is 6.73. The molecule has 0 aromatic heterocycles. The molecule has 1 aliphatic carbocycles. The minimum absolute atomic E-state index is 0. The van der Waals surface area contributed by atoms with E-state index < -0.39 is 21.0 Å². The third kappa shape index (κ3) is 5.12. The van der Waals surface area contributed by atoms with Crippen LogP contribution in [0.4, 0.5) is 0 Å². The van der Waals surface area contributed by atoms with Crippen LogP contribution in [0.3, 0.4) is 0 Å². The van der Waals surface area contributed by atoms with E-state index in [1.165, 1.54) is 13.3 Å². The molecule has 0 aliphatic heterocycles. The van der Waals surface area contributed by atoms with Gasteiger partial charge in [-0.15, -0.1) is 12.4 Å². The van der Waals surface area contributed by atoms with E-state index in [9.17, 15) is 13.2 Å². The van der Waals surface area contributed by atoms with Crippen molar-refractivity contribution in [1.82, 2.24) is 5.32 Å². The maximum atomic E-state index is 11.6. The number of hydrogen-bond donors (Lipinski definition) is 2. The van der Waals surface area contributed by atoms with Crippen LogP contribution in [-0.2, 0) is 14.6 Å². The van der Waals surface area contributed by atoms with E-state index in [0.29, 0.717) is 6.54 Å². The number of nitrogens with two attached hydrogens (primary N) is 1. The Labute approximate surface area is 115 Å². The molecular formula is C11H23ClN2O3S. The summed E-state index contributed by atoms with van der Waals surface area (Å²) >= 11 is 0. The van der Waals surface area contributed by atoms with Crippen molar-refractivity contribution >= 4 is 28.2 Å². The molecule has 0 aromatic carbocycles. The predicted octanol–water partition coefficient (Wildman–Crippen LogP) is 0.619. The molecule has 0 heterocycles. The molecule has 0 spiro atoms. The van der Waals surface area contributed by atoms with Crippen LogP contribution in [0.5, 0.6) is 0 Å². The quantitative estimate of drug-likeness (QED) is 0.796. The summed E-state index contributed by atoms with van der Waals surface area (Å²) < 4.78 is 22.4. The lowest BCUT2D eigenvalue weighted by Gasteiger charge is -2.33. The van der Waals surface area contributed by atoms with Crippen LogP contribution in [-0.4, -0.2) is 37.9 Å². The Morgan fingerprint density at radius 1 is 1.33 bits per heavy atom. The van der Waals surface area contributed by atoms with Gasteiger partial charge in [0, 0.05) is 18.3 Å². The maximum Gasteiger partial charge on any atom is 0.238 e. The van der Waals surface area contributed by atoms with E-state index in [-0.39, 0.29) is 17.9 Å². The van der Waals surface area contributed by atoms with Crippen LogP contribution in [0.2, 0.25) is 0 Å². The third-order valence-corrected chi connectivity index (χ3v) is 4.97. The highest BCUT2D eigenvalue weighted by molar-refractivity contribution is 7.92. The molecule has 0 radical (unpaired) electrons. The van der Waals surface area contributed by atoms with E-state index in [1.807, 2.05) is 0 Å². The fourth-order valence-electron chi connectivity index (χ4n) is 2.03. The molecule has 1 unspecified atom stereocenters. The van der Waals surface area contributed by atoms with Crippen LogP contribution in [0.1, 0.15) is 39.0 Å². The summed E-state index contributed by atoms with van der Waals surface area (Å²) in [6, 6.07) is 0. The Morgan fingerprint density at radius 2 is 1.83 bits per heavy atom. The fourth-order valence-corrected chi connectivity index (χ4v) is 2.51. The van der Waals surface area contributed by atoms with Gasteiger partial charge in [-0.25, -0.2) is 8.42 Å². The van der Waals surface area contributed by atoms with Crippen LogP contribution in [0.25, 0.3) is 0 Å². The number of nitrogens with one attached hydrogen (secondary N) is 1. The molecule has 1 amide bonds. The first-order chi connectivity index (χ1) is 7.75. The van der Waals surface area contributed by atoms with Gasteiger partial charge < -0.3 is 11.1 Å². The highest BCUT2D eigenvalue weighted by Crippen LogP contribution is 2.25. The Balaban J connectivity index is 0.00000289. The average Bonchev–Trinajstić information content (AvgIpc) is 2.25. The van der Waals surface area contributed by atoms with Crippen molar-refractivity contribution in [3.05, 3.63) is 0 Å². The molecule has 7 heteroatoms. The molecule has 1 saturated carbocycles. The molecule has 1 aliphatic rings. The van der Waals surface area contributed by atoms with E-state index in [2.05, 4.69) is 5.32 Å². The molecule has 1 atom stereocenters. The zero-order valence-electron chi connectivity index (χ0n) is 10.9. The number of sulfone groups is 1. The Bertz CT molecular complexity index is 378. The fraction of sp³-hybridized carbons (Fsp3) is 0.909. The second-order valence-electron chi connectivity index (χ2n) is 5.11. The molecule has 1 rings (SSSR count). The van der Waals surface area contributed by atoms with Crippen molar-refractivity contribution in [2.75, 3.05) is 12.8 Å². The van der Waals surface area contributed by atoms with Gasteiger partial charge in [0.1, 0.15) is 5.25 Å². The van der Waals surface area contributed by atoms with Gasteiger partial charge >= 0.3 is 0 Å². The van der Waals surface area contributed by atoms with Crippen molar-refractivity contribution in [1.29, 1.82) is 0 Å². The van der Waals surface area contributed by atoms with E-state index >= 15 is 0 Å². The summed E-state index contributed by atoms with van der Waals surface area (Å²) in [5, 5.41) is 1.65. The van der Waals surface area contributed by atoms with Crippen molar-refractivity contribution < 1.29 is 13.2 Å². The van der Waals surface area contributed by atoms with Gasteiger partial charge in [0.15, 0.2) is 9.84 Å². The minimum Gasteiger partial charge on any atom is -0.353 e. The molecule has 5 nitrogen and oxygen atoms in total. The smallest absolute Gasteiger partial charge is 0.238 e. The summed E-state index contributed by atoms with van der Waals surface area (Å²) in [5.41, 5.74) is 5.80. The number of halogens is 1. The predicted molar refractivity (Wildman–Crippen MR) is 74.6 cm³/mol. The van der Waals surface area contributed by atoms with E-state index in [4.69, 9.17) is 5.73 Å². The van der Waals surface area contributed by atoms with Crippen LogP contribution < -0.4 is 11.1 Å². The highest BCUT2D eigenvalue weighted by Gasteiger charge is 2.30. The number of carbonyl (C=O) groups excluding carboxylic acids is 1. The molecule has 0 bridgehead atoms. The molecular weight excluding hydrogens is 276 g/mol. The van der Waals surface area contributed by atoms with Gasteiger partial charge in [-0.3, -0.25) is 4.79 Å². The van der Waals surface area contributed by atoms with Gasteiger partial charge in [-0.05, 0) is 19.8 Å². The topological polar surface area (TPSA) is 89.3 Å². The first-order valence-electron chi connectivity index (χ1n) is 6.00. The standard InChI is InChI=1S/C11H22N2O3S.ClH/c1-9(17(2,15)16)10(14)13-8-11(12)6-4-3-5-7-11;/h9H,3-8,12H2,1-2H3,(H,13,14);1H. The number of amides is 1. The van der Waals surface area contributed by atoms with Crippen molar-refractivity contribution in [3.8, 4) is 0 Å². The SMILES string of the molecule is CC(C(=O)NCC1(N)CCCCC1)S(C)(=O)=O.Cl. The molecule has 1 fully saturated rings. The second-order valence-corrected chi connectivity index (χ2v) is 7.48. The molecule has 0 aromatic rings. The first kappa shape index (κ1) is 17.7. The van der Waals surface area contributed by atoms with Crippen molar-refractivity contribution in [2.45, 2.75) is 49.8 Å². The first-order valence-corrected chi connectivity index (χ1v) is 7.95. The number of carbonyl (C=O) groups is 1. The normalized spacial score (nSPS) is 20.6. The molecule has 18 heavy (non-hydrogen) atoms. The van der Waals surface area contributed by atoms with Crippen molar-refractivity contribution in [2.24, 2.45) is 5.73 Å². The maximum absolute atomic E-state index is 11.6. The summed E-state index contributed by atoms with van der Waals surface area (Å²) in [4.78, 5) is 11.6. The van der Waals surface area contributed by atoms with Gasteiger partial charge in [0.05, 0.1) is 0 Å². The zero-order valence-corrected chi connectivity index (χ0v) is 12.6. The van der Waals surface area contributed by atoms with Gasteiger partial charge in [-0.2, -0.15) is 0 Å². The third-order valence-electron chi connectivity index (χ3n) is 3.48. The van der Waals surface area contributed by atoms with Gasteiger partial charge in [0.25, 0.3) is 0 Å². The summed E-state index contributed by atoms with van der Waals surface area (Å²) in [7, 11) is -3.33. The lowest BCUT2D eigenvalue weighted by Crippen LogP contribution is -2.53. The largest absolute Gasteiger partial charge is 0.353 e. The number of rotatable bonds is 4. The van der Waals surface area contributed by atoms with Crippen molar-refractivity contribution in [3.63, 3.8) is 0 Å². The Kier molecular flexibility index (Phi) is 6.60. The van der Waals surface area contributed by atoms with Crippen LogP contribution in [0, 0.1) is 0 Å². The van der Waals surface area contributed by atoms with Gasteiger partial charge in [0.2, 0.25) is 5.91 Å².